The highest BCUT2D eigenvalue weighted by Crippen LogP contribution is 2.18. The Morgan fingerprint density at radius 1 is 1.00 bits per heavy atom. The number of hydrogen-bond acceptors (Lipinski definition) is 6. The van der Waals surface area contributed by atoms with Crippen LogP contribution in [0.2, 0.25) is 0 Å². The van der Waals surface area contributed by atoms with Gasteiger partial charge in [-0.2, -0.15) is 0 Å². The van der Waals surface area contributed by atoms with Crippen LogP contribution in [0, 0.1) is 6.92 Å². The lowest BCUT2D eigenvalue weighted by Crippen LogP contribution is -2.45. The van der Waals surface area contributed by atoms with E-state index in [9.17, 15) is 4.79 Å². The second-order valence-electron chi connectivity index (χ2n) is 7.27. The van der Waals surface area contributed by atoms with Gasteiger partial charge in [0.2, 0.25) is 5.01 Å². The molecule has 7 heteroatoms. The molecule has 0 unspecified atom stereocenters. The van der Waals surface area contributed by atoms with Crippen molar-refractivity contribution in [3.63, 3.8) is 0 Å². The Morgan fingerprint density at radius 2 is 1.72 bits per heavy atom. The van der Waals surface area contributed by atoms with Crippen molar-refractivity contribution >= 4 is 22.9 Å². The van der Waals surface area contributed by atoms with Crippen molar-refractivity contribution in [2.45, 2.75) is 20.0 Å². The largest absolute Gasteiger partial charge is 0.369 e. The Hall–Kier alpha value is -2.77. The summed E-state index contributed by atoms with van der Waals surface area (Å²) in [6.45, 7) is 7.22. The van der Waals surface area contributed by atoms with Crippen LogP contribution in [-0.2, 0) is 13.1 Å². The maximum absolute atomic E-state index is 12.4. The van der Waals surface area contributed by atoms with Crippen LogP contribution < -0.4 is 10.2 Å². The summed E-state index contributed by atoms with van der Waals surface area (Å²) in [5.74, 6) is -0.164. The summed E-state index contributed by atoms with van der Waals surface area (Å²) in [4.78, 5) is 17.1. The van der Waals surface area contributed by atoms with Crippen molar-refractivity contribution < 1.29 is 4.79 Å². The second-order valence-corrected chi connectivity index (χ2v) is 8.33. The lowest BCUT2D eigenvalue weighted by Gasteiger charge is -2.35. The van der Waals surface area contributed by atoms with Crippen LogP contribution in [-0.4, -0.2) is 47.2 Å². The average molecular weight is 408 g/mol. The van der Waals surface area contributed by atoms with E-state index in [0.29, 0.717) is 11.6 Å². The molecule has 0 bridgehead atoms. The topological polar surface area (TPSA) is 61.4 Å². The molecule has 1 aliphatic rings. The predicted molar refractivity (Wildman–Crippen MR) is 116 cm³/mol. The Balaban J connectivity index is 1.26. The Kier molecular flexibility index (Phi) is 6.17. The highest BCUT2D eigenvalue weighted by atomic mass is 32.1. The number of aromatic nitrogens is 2. The third-order valence-corrected chi connectivity index (χ3v) is 5.99. The molecule has 29 heavy (non-hydrogen) atoms. The summed E-state index contributed by atoms with van der Waals surface area (Å²) in [6.07, 6.45) is 0. The summed E-state index contributed by atoms with van der Waals surface area (Å²) in [7, 11) is 0. The van der Waals surface area contributed by atoms with Crippen LogP contribution in [0.1, 0.15) is 25.9 Å². The minimum Gasteiger partial charge on any atom is -0.369 e. The van der Waals surface area contributed by atoms with Crippen LogP contribution in [0.3, 0.4) is 0 Å². The van der Waals surface area contributed by atoms with Gasteiger partial charge < -0.3 is 10.2 Å². The number of amides is 1. The van der Waals surface area contributed by atoms with Crippen LogP contribution in [0.5, 0.6) is 0 Å². The summed E-state index contributed by atoms with van der Waals surface area (Å²) in [5.41, 5.74) is 3.55. The number of carbonyl (C=O) groups excluding carboxylic acids is 1. The molecule has 1 aromatic heterocycles. The molecule has 4 rings (SSSR count). The molecule has 1 N–H and O–H groups in total. The molecule has 1 saturated heterocycles. The summed E-state index contributed by atoms with van der Waals surface area (Å²) in [5, 5.41) is 12.6. The van der Waals surface area contributed by atoms with Gasteiger partial charge in [0.25, 0.3) is 5.91 Å². The van der Waals surface area contributed by atoms with Crippen molar-refractivity contribution in [2.75, 3.05) is 31.1 Å². The number of hydrogen-bond donors (Lipinski definition) is 1. The van der Waals surface area contributed by atoms with Gasteiger partial charge in [0.1, 0.15) is 5.01 Å². The number of piperazine rings is 1. The van der Waals surface area contributed by atoms with Crippen molar-refractivity contribution in [3.8, 4) is 0 Å². The SMILES string of the molecule is Cc1ccc(CNC(=O)c2nnc(CN3CCN(c4ccccc4)CC3)s2)cc1. The number of nitrogens with one attached hydrogen (secondary N) is 1. The number of anilines is 1. The van der Waals surface area contributed by atoms with E-state index in [1.807, 2.05) is 37.3 Å². The molecule has 150 valence electrons. The van der Waals surface area contributed by atoms with Crippen LogP contribution >= 0.6 is 11.3 Å². The fourth-order valence-electron chi connectivity index (χ4n) is 3.37. The number of benzene rings is 2. The number of aryl methyl sites for hydroxylation is 1. The second kappa shape index (κ2) is 9.15. The van der Waals surface area contributed by atoms with Gasteiger partial charge in [-0.05, 0) is 24.6 Å². The van der Waals surface area contributed by atoms with E-state index in [0.717, 1.165) is 43.3 Å². The van der Waals surface area contributed by atoms with E-state index < -0.39 is 0 Å². The maximum Gasteiger partial charge on any atom is 0.282 e. The van der Waals surface area contributed by atoms with Gasteiger partial charge in [-0.1, -0.05) is 59.4 Å². The summed E-state index contributed by atoms with van der Waals surface area (Å²) in [6, 6.07) is 18.6. The van der Waals surface area contributed by atoms with Gasteiger partial charge in [0.15, 0.2) is 0 Å². The van der Waals surface area contributed by atoms with Crippen molar-refractivity contribution in [1.29, 1.82) is 0 Å². The van der Waals surface area contributed by atoms with Crippen LogP contribution in [0.15, 0.2) is 54.6 Å². The zero-order valence-electron chi connectivity index (χ0n) is 16.5. The monoisotopic (exact) mass is 407 g/mol. The first-order valence-electron chi connectivity index (χ1n) is 9.86. The van der Waals surface area contributed by atoms with E-state index in [-0.39, 0.29) is 5.91 Å². The van der Waals surface area contributed by atoms with Gasteiger partial charge in [-0.15, -0.1) is 10.2 Å². The highest BCUT2D eigenvalue weighted by Gasteiger charge is 2.19. The van der Waals surface area contributed by atoms with Gasteiger partial charge in [0, 0.05) is 38.4 Å². The highest BCUT2D eigenvalue weighted by molar-refractivity contribution is 7.13. The first kappa shape index (κ1) is 19.5. The fraction of sp³-hybridized carbons (Fsp3) is 0.318. The van der Waals surface area contributed by atoms with Crippen molar-refractivity contribution in [1.82, 2.24) is 20.4 Å². The van der Waals surface area contributed by atoms with Gasteiger partial charge in [-0.3, -0.25) is 9.69 Å². The van der Waals surface area contributed by atoms with E-state index in [2.05, 4.69) is 49.6 Å². The third kappa shape index (κ3) is 5.19. The summed E-state index contributed by atoms with van der Waals surface area (Å²) < 4.78 is 0. The number of carbonyl (C=O) groups is 1. The normalized spacial score (nSPS) is 14.7. The zero-order valence-corrected chi connectivity index (χ0v) is 17.4. The molecule has 1 fully saturated rings. The molecular weight excluding hydrogens is 382 g/mol. The van der Waals surface area contributed by atoms with Crippen molar-refractivity contribution in [3.05, 3.63) is 75.7 Å². The molecule has 0 atom stereocenters. The van der Waals surface area contributed by atoms with Gasteiger partial charge in [-0.25, -0.2) is 0 Å². The lowest BCUT2D eigenvalue weighted by atomic mass is 10.1. The smallest absolute Gasteiger partial charge is 0.282 e. The predicted octanol–water partition coefficient (Wildman–Crippen LogP) is 3.10. The van der Waals surface area contributed by atoms with Crippen LogP contribution in [0.4, 0.5) is 5.69 Å². The van der Waals surface area contributed by atoms with E-state index in [1.165, 1.54) is 22.6 Å². The number of nitrogens with zero attached hydrogens (tertiary/aromatic N) is 4. The molecule has 0 radical (unpaired) electrons. The molecule has 1 amide bonds. The van der Waals surface area contributed by atoms with Gasteiger partial charge in [0.05, 0.1) is 6.54 Å². The molecule has 6 nitrogen and oxygen atoms in total. The maximum atomic E-state index is 12.4. The molecule has 2 aromatic carbocycles. The Labute approximate surface area is 175 Å². The minimum atomic E-state index is -0.164. The van der Waals surface area contributed by atoms with E-state index >= 15 is 0 Å². The Bertz CT molecular complexity index is 933. The Morgan fingerprint density at radius 3 is 2.45 bits per heavy atom. The number of rotatable bonds is 6. The quantitative estimate of drug-likeness (QED) is 0.680. The zero-order chi connectivity index (χ0) is 20.1. The van der Waals surface area contributed by atoms with Crippen LogP contribution in [0.25, 0.3) is 0 Å². The molecule has 2 heterocycles. The first-order chi connectivity index (χ1) is 14.2. The summed E-state index contributed by atoms with van der Waals surface area (Å²) >= 11 is 1.38. The van der Waals surface area contributed by atoms with E-state index in [4.69, 9.17) is 0 Å². The molecule has 3 aromatic rings. The average Bonchev–Trinajstić information content (AvgIpc) is 3.23. The molecule has 0 saturated carbocycles. The lowest BCUT2D eigenvalue weighted by molar-refractivity contribution is 0.0950. The molecular formula is C22H25N5OS. The number of para-hydroxylation sites is 1. The minimum absolute atomic E-state index is 0.164. The van der Waals surface area contributed by atoms with Gasteiger partial charge >= 0.3 is 0 Å². The standard InChI is InChI=1S/C22H25N5OS/c1-17-7-9-18(10-8-17)15-23-21(28)22-25-24-20(29-22)16-26-11-13-27(14-12-26)19-5-3-2-4-6-19/h2-10H,11-16H2,1H3,(H,23,28). The molecule has 1 aliphatic heterocycles. The molecule has 0 aliphatic carbocycles. The fourth-order valence-corrected chi connectivity index (χ4v) is 4.17. The third-order valence-electron chi connectivity index (χ3n) is 5.09. The van der Waals surface area contributed by atoms with Crippen molar-refractivity contribution in [2.24, 2.45) is 0 Å². The molecule has 0 spiro atoms. The first-order valence-corrected chi connectivity index (χ1v) is 10.7. The van der Waals surface area contributed by atoms with E-state index in [1.54, 1.807) is 0 Å².